The molecule has 1 N–H and O–H groups in total. The van der Waals surface area contributed by atoms with Gasteiger partial charge in [0.25, 0.3) is 0 Å². The summed E-state index contributed by atoms with van der Waals surface area (Å²) in [6.07, 6.45) is 0.998. The Bertz CT molecular complexity index is 199. The van der Waals surface area contributed by atoms with E-state index in [1.165, 1.54) is 0 Å². The van der Waals surface area contributed by atoms with E-state index in [0.29, 0.717) is 11.3 Å². The number of nitrogens with zero attached hydrogens (tertiary/aromatic N) is 1. The van der Waals surface area contributed by atoms with Crippen molar-refractivity contribution in [2.24, 2.45) is 0 Å². The first-order chi connectivity index (χ1) is 6.66. The number of nitrogens with one attached hydrogen (secondary N) is 1. The smallest absolute Gasteiger partial charge is 0.317 e. The van der Waals surface area contributed by atoms with Crippen LogP contribution in [0.15, 0.2) is 0 Å². The molecule has 1 aliphatic rings. The van der Waals surface area contributed by atoms with Crippen LogP contribution in [0.1, 0.15) is 27.2 Å². The molecule has 1 fully saturated rings. The molecule has 0 aliphatic carbocycles. The van der Waals surface area contributed by atoms with Crippen molar-refractivity contribution in [3.63, 3.8) is 0 Å². The highest BCUT2D eigenvalue weighted by Crippen LogP contribution is 2.23. The zero-order valence-corrected chi connectivity index (χ0v) is 10.1. The van der Waals surface area contributed by atoms with Crippen LogP contribution in [0.5, 0.6) is 0 Å². The lowest BCUT2D eigenvalue weighted by molar-refractivity contribution is 0.180. The molecule has 0 saturated carbocycles. The predicted octanol–water partition coefficient (Wildman–Crippen LogP) is 1.93. The molecular weight excluding hydrogens is 196 g/mol. The molecule has 14 heavy (non-hydrogen) atoms. The summed E-state index contributed by atoms with van der Waals surface area (Å²) in [5.41, 5.74) is 0. The number of amides is 2. The third-order valence-corrected chi connectivity index (χ3v) is 4.01. The lowest BCUT2D eigenvalue weighted by atomic mass is 10.2. The molecule has 82 valence electrons. The second-order valence-electron chi connectivity index (χ2n) is 3.74. The lowest BCUT2D eigenvalue weighted by Gasteiger charge is -2.37. The van der Waals surface area contributed by atoms with Crippen LogP contribution in [0, 0.1) is 0 Å². The van der Waals surface area contributed by atoms with Gasteiger partial charge in [0, 0.05) is 30.1 Å². The van der Waals surface area contributed by atoms with Gasteiger partial charge in [0.2, 0.25) is 0 Å². The maximum Gasteiger partial charge on any atom is 0.317 e. The Kier molecular flexibility index (Phi) is 4.58. The van der Waals surface area contributed by atoms with Gasteiger partial charge in [-0.3, -0.25) is 0 Å². The van der Waals surface area contributed by atoms with E-state index in [1.807, 2.05) is 16.7 Å². The lowest BCUT2D eigenvalue weighted by Crippen LogP contribution is -2.51. The van der Waals surface area contributed by atoms with E-state index in [4.69, 9.17) is 0 Å². The van der Waals surface area contributed by atoms with Gasteiger partial charge in [-0.25, -0.2) is 4.79 Å². The van der Waals surface area contributed by atoms with Crippen molar-refractivity contribution >= 4 is 17.8 Å². The Labute approximate surface area is 90.6 Å². The number of urea groups is 1. The molecule has 2 unspecified atom stereocenters. The monoisotopic (exact) mass is 216 g/mol. The van der Waals surface area contributed by atoms with Gasteiger partial charge in [-0.05, 0) is 13.3 Å². The molecule has 0 radical (unpaired) electrons. The van der Waals surface area contributed by atoms with Crippen molar-refractivity contribution in [1.29, 1.82) is 0 Å². The number of hydrogen-bond acceptors (Lipinski definition) is 2. The van der Waals surface area contributed by atoms with Gasteiger partial charge in [0.15, 0.2) is 0 Å². The minimum atomic E-state index is 0.103. The van der Waals surface area contributed by atoms with Gasteiger partial charge in [0.1, 0.15) is 0 Å². The summed E-state index contributed by atoms with van der Waals surface area (Å²) >= 11 is 1.95. The van der Waals surface area contributed by atoms with Crippen molar-refractivity contribution < 1.29 is 4.79 Å². The normalized spacial score (nSPS) is 27.5. The molecule has 1 aliphatic heterocycles. The first-order valence-corrected chi connectivity index (χ1v) is 6.37. The number of carbonyl (C=O) groups excluding carboxylic acids is 1. The van der Waals surface area contributed by atoms with Crippen molar-refractivity contribution in [2.75, 3.05) is 18.8 Å². The van der Waals surface area contributed by atoms with Gasteiger partial charge in [-0.15, -0.1) is 0 Å². The van der Waals surface area contributed by atoms with E-state index in [9.17, 15) is 4.79 Å². The van der Waals surface area contributed by atoms with Crippen LogP contribution >= 0.6 is 11.8 Å². The number of thioether (sulfide) groups is 1. The van der Waals surface area contributed by atoms with Crippen LogP contribution in [0.25, 0.3) is 0 Å². The first-order valence-electron chi connectivity index (χ1n) is 5.33. The largest absolute Gasteiger partial charge is 0.338 e. The molecule has 1 rings (SSSR count). The molecule has 3 nitrogen and oxygen atoms in total. The molecule has 1 heterocycles. The van der Waals surface area contributed by atoms with Gasteiger partial charge < -0.3 is 10.2 Å². The first kappa shape index (κ1) is 11.7. The number of hydrogen-bond donors (Lipinski definition) is 1. The van der Waals surface area contributed by atoms with Crippen LogP contribution < -0.4 is 5.32 Å². The Hall–Kier alpha value is -0.380. The number of carbonyl (C=O) groups is 1. The van der Waals surface area contributed by atoms with Gasteiger partial charge in [0.05, 0.1) is 0 Å². The molecule has 2 atom stereocenters. The standard InChI is InChI=1S/C10H20N2OS/c1-4-5-11-10(13)12-6-7-14-9(3)8(12)2/h8-9H,4-7H2,1-3H3,(H,11,13). The highest BCUT2D eigenvalue weighted by atomic mass is 32.2. The minimum absolute atomic E-state index is 0.103. The van der Waals surface area contributed by atoms with Gasteiger partial charge >= 0.3 is 6.03 Å². The number of rotatable bonds is 2. The summed E-state index contributed by atoms with van der Waals surface area (Å²) in [4.78, 5) is 13.7. The van der Waals surface area contributed by atoms with Crippen molar-refractivity contribution in [3.05, 3.63) is 0 Å². The molecule has 0 bridgehead atoms. The molecular formula is C10H20N2OS. The predicted molar refractivity (Wildman–Crippen MR) is 61.8 cm³/mol. The second kappa shape index (κ2) is 5.49. The van der Waals surface area contributed by atoms with E-state index in [2.05, 4.69) is 26.1 Å². The molecule has 0 aromatic heterocycles. The van der Waals surface area contributed by atoms with E-state index in [-0.39, 0.29) is 6.03 Å². The fourth-order valence-corrected chi connectivity index (χ4v) is 2.65. The molecule has 0 aromatic carbocycles. The zero-order chi connectivity index (χ0) is 10.6. The SMILES string of the molecule is CCCNC(=O)N1CCSC(C)C1C. The van der Waals surface area contributed by atoms with Crippen LogP contribution in [0.4, 0.5) is 4.79 Å². The van der Waals surface area contributed by atoms with Crippen LogP contribution in [-0.2, 0) is 0 Å². The maximum atomic E-state index is 11.7. The van der Waals surface area contributed by atoms with Crippen molar-refractivity contribution in [2.45, 2.75) is 38.5 Å². The Balaban J connectivity index is 2.44. The Morgan fingerprint density at radius 3 is 2.93 bits per heavy atom. The Morgan fingerprint density at radius 2 is 2.29 bits per heavy atom. The highest BCUT2D eigenvalue weighted by molar-refractivity contribution is 8.00. The Morgan fingerprint density at radius 1 is 1.57 bits per heavy atom. The van der Waals surface area contributed by atoms with Crippen LogP contribution in [-0.4, -0.2) is 41.1 Å². The van der Waals surface area contributed by atoms with Crippen molar-refractivity contribution in [3.8, 4) is 0 Å². The summed E-state index contributed by atoms with van der Waals surface area (Å²) in [6, 6.07) is 0.456. The third-order valence-electron chi connectivity index (χ3n) is 2.67. The quantitative estimate of drug-likeness (QED) is 0.765. The highest BCUT2D eigenvalue weighted by Gasteiger charge is 2.28. The van der Waals surface area contributed by atoms with Gasteiger partial charge in [-0.1, -0.05) is 13.8 Å². The summed E-state index contributed by atoms with van der Waals surface area (Å²) < 4.78 is 0. The summed E-state index contributed by atoms with van der Waals surface area (Å²) in [5.74, 6) is 1.06. The average molecular weight is 216 g/mol. The van der Waals surface area contributed by atoms with Gasteiger partial charge in [-0.2, -0.15) is 11.8 Å². The van der Waals surface area contributed by atoms with Crippen LogP contribution in [0.3, 0.4) is 0 Å². The van der Waals surface area contributed by atoms with E-state index < -0.39 is 0 Å². The molecule has 1 saturated heterocycles. The minimum Gasteiger partial charge on any atom is -0.338 e. The second-order valence-corrected chi connectivity index (χ2v) is 5.23. The van der Waals surface area contributed by atoms with Crippen molar-refractivity contribution in [1.82, 2.24) is 10.2 Å². The molecule has 0 aromatic rings. The fourth-order valence-electron chi connectivity index (χ4n) is 1.55. The summed E-state index contributed by atoms with van der Waals surface area (Å²) in [6.45, 7) is 8.05. The average Bonchev–Trinajstić information content (AvgIpc) is 2.18. The topological polar surface area (TPSA) is 32.3 Å². The molecule has 0 spiro atoms. The molecule has 4 heteroatoms. The van der Waals surface area contributed by atoms with E-state index in [1.54, 1.807) is 0 Å². The van der Waals surface area contributed by atoms with Crippen LogP contribution in [0.2, 0.25) is 0 Å². The fraction of sp³-hybridized carbons (Fsp3) is 0.900. The summed E-state index contributed by atoms with van der Waals surface area (Å²) in [7, 11) is 0. The van der Waals surface area contributed by atoms with E-state index in [0.717, 1.165) is 25.3 Å². The maximum absolute atomic E-state index is 11.7. The zero-order valence-electron chi connectivity index (χ0n) is 9.25. The third kappa shape index (κ3) is 2.80. The van der Waals surface area contributed by atoms with E-state index >= 15 is 0 Å². The summed E-state index contributed by atoms with van der Waals surface area (Å²) in [5, 5.41) is 3.48. The molecule has 2 amide bonds.